The molecule has 0 bridgehead atoms. The lowest BCUT2D eigenvalue weighted by Gasteiger charge is -2.12. The quantitative estimate of drug-likeness (QED) is 0.803. The molecule has 0 aliphatic carbocycles. The van der Waals surface area contributed by atoms with Crippen LogP contribution >= 0.6 is 0 Å². The van der Waals surface area contributed by atoms with Crippen molar-refractivity contribution in [1.82, 2.24) is 0 Å². The predicted molar refractivity (Wildman–Crippen MR) is 86.7 cm³/mol. The van der Waals surface area contributed by atoms with E-state index >= 15 is 0 Å². The molecule has 0 aromatic heterocycles. The van der Waals surface area contributed by atoms with Crippen molar-refractivity contribution in [3.63, 3.8) is 0 Å². The molecule has 0 saturated carbocycles. The molecular weight excluding hydrogens is 284 g/mol. The molecule has 0 radical (unpaired) electrons. The SMILES string of the molecule is CCCCc1ccccc1NS(=O)(=O)c1cccc(N)c1. The summed E-state index contributed by atoms with van der Waals surface area (Å²) in [6.45, 7) is 2.11. The zero-order valence-corrected chi connectivity index (χ0v) is 12.9. The van der Waals surface area contributed by atoms with E-state index in [9.17, 15) is 8.42 Å². The van der Waals surface area contributed by atoms with E-state index in [1.165, 1.54) is 12.1 Å². The Labute approximate surface area is 126 Å². The van der Waals surface area contributed by atoms with Gasteiger partial charge in [-0.25, -0.2) is 8.42 Å². The molecule has 0 atom stereocenters. The average molecular weight is 304 g/mol. The van der Waals surface area contributed by atoms with Crippen molar-refractivity contribution >= 4 is 21.4 Å². The molecule has 21 heavy (non-hydrogen) atoms. The van der Waals surface area contributed by atoms with E-state index in [2.05, 4.69) is 11.6 Å². The van der Waals surface area contributed by atoms with Gasteiger partial charge >= 0.3 is 0 Å². The van der Waals surface area contributed by atoms with Crippen LogP contribution in [0, 0.1) is 0 Å². The average Bonchev–Trinajstić information content (AvgIpc) is 2.46. The van der Waals surface area contributed by atoms with E-state index < -0.39 is 10.0 Å². The van der Waals surface area contributed by atoms with Gasteiger partial charge in [0.2, 0.25) is 0 Å². The van der Waals surface area contributed by atoms with E-state index in [1.807, 2.05) is 18.2 Å². The number of aryl methyl sites for hydroxylation is 1. The number of nitrogens with one attached hydrogen (secondary N) is 1. The van der Waals surface area contributed by atoms with E-state index in [0.717, 1.165) is 24.8 Å². The molecular formula is C16H20N2O2S. The molecule has 5 heteroatoms. The van der Waals surface area contributed by atoms with Crippen molar-refractivity contribution in [1.29, 1.82) is 0 Å². The third-order valence-electron chi connectivity index (χ3n) is 3.23. The van der Waals surface area contributed by atoms with Crippen LogP contribution in [0.3, 0.4) is 0 Å². The molecule has 2 aromatic carbocycles. The summed E-state index contributed by atoms with van der Waals surface area (Å²) >= 11 is 0. The first-order valence-electron chi connectivity index (χ1n) is 6.99. The summed E-state index contributed by atoms with van der Waals surface area (Å²) in [6, 6.07) is 13.8. The second-order valence-electron chi connectivity index (χ2n) is 4.94. The third kappa shape index (κ3) is 3.98. The zero-order valence-electron chi connectivity index (χ0n) is 12.0. The van der Waals surface area contributed by atoms with E-state index in [4.69, 9.17) is 5.73 Å². The molecule has 112 valence electrons. The summed E-state index contributed by atoms with van der Waals surface area (Å²) in [5, 5.41) is 0. The fourth-order valence-corrected chi connectivity index (χ4v) is 3.25. The highest BCUT2D eigenvalue weighted by Crippen LogP contribution is 2.22. The lowest BCUT2D eigenvalue weighted by molar-refractivity contribution is 0.601. The number of nitrogen functional groups attached to an aromatic ring is 1. The minimum absolute atomic E-state index is 0.174. The van der Waals surface area contributed by atoms with Gasteiger partial charge in [-0.2, -0.15) is 0 Å². The van der Waals surface area contributed by atoms with Crippen LogP contribution in [0.15, 0.2) is 53.4 Å². The summed E-state index contributed by atoms with van der Waals surface area (Å²) < 4.78 is 27.5. The molecule has 0 aliphatic rings. The van der Waals surface area contributed by atoms with Crippen molar-refractivity contribution < 1.29 is 8.42 Å². The smallest absolute Gasteiger partial charge is 0.261 e. The Balaban J connectivity index is 2.29. The Bertz CT molecular complexity index is 712. The Hall–Kier alpha value is -2.01. The second-order valence-corrected chi connectivity index (χ2v) is 6.62. The molecule has 0 spiro atoms. The van der Waals surface area contributed by atoms with Crippen LogP contribution in [-0.2, 0) is 16.4 Å². The van der Waals surface area contributed by atoms with Gasteiger partial charge in [0.15, 0.2) is 0 Å². The molecule has 2 aromatic rings. The molecule has 0 aliphatic heterocycles. The number of anilines is 2. The van der Waals surface area contributed by atoms with Gasteiger partial charge < -0.3 is 5.73 Å². The van der Waals surface area contributed by atoms with Crippen molar-refractivity contribution in [2.24, 2.45) is 0 Å². The zero-order chi connectivity index (χ0) is 15.3. The predicted octanol–water partition coefficient (Wildman–Crippen LogP) is 3.41. The number of unbranched alkanes of at least 4 members (excludes halogenated alkanes) is 1. The number of benzene rings is 2. The van der Waals surface area contributed by atoms with Crippen molar-refractivity contribution in [2.75, 3.05) is 10.5 Å². The van der Waals surface area contributed by atoms with Gasteiger partial charge in [0, 0.05) is 5.69 Å². The molecule has 0 unspecified atom stereocenters. The number of hydrogen-bond acceptors (Lipinski definition) is 3. The minimum Gasteiger partial charge on any atom is -0.399 e. The maximum Gasteiger partial charge on any atom is 0.261 e. The third-order valence-corrected chi connectivity index (χ3v) is 4.59. The monoisotopic (exact) mass is 304 g/mol. The van der Waals surface area contributed by atoms with Crippen molar-refractivity contribution in [2.45, 2.75) is 31.1 Å². The van der Waals surface area contributed by atoms with Crippen LogP contribution in [0.25, 0.3) is 0 Å². The van der Waals surface area contributed by atoms with E-state index in [1.54, 1.807) is 18.2 Å². The number of rotatable bonds is 6. The van der Waals surface area contributed by atoms with Gasteiger partial charge in [0.1, 0.15) is 0 Å². The Morgan fingerprint density at radius 1 is 1.10 bits per heavy atom. The van der Waals surface area contributed by atoms with Crippen LogP contribution in [0.1, 0.15) is 25.3 Å². The van der Waals surface area contributed by atoms with Crippen LogP contribution in [0.4, 0.5) is 11.4 Å². The standard InChI is InChI=1S/C16H20N2O2S/c1-2-3-7-13-8-4-5-11-16(13)18-21(19,20)15-10-6-9-14(17)12-15/h4-6,8-12,18H,2-3,7,17H2,1H3. The van der Waals surface area contributed by atoms with Crippen molar-refractivity contribution in [3.05, 3.63) is 54.1 Å². The fraction of sp³-hybridized carbons (Fsp3) is 0.250. The number of hydrogen-bond donors (Lipinski definition) is 2. The molecule has 0 saturated heterocycles. The molecule has 0 fully saturated rings. The fourth-order valence-electron chi connectivity index (χ4n) is 2.09. The Morgan fingerprint density at radius 2 is 1.86 bits per heavy atom. The van der Waals surface area contributed by atoms with Gasteiger partial charge in [-0.3, -0.25) is 4.72 Å². The van der Waals surface area contributed by atoms with Gasteiger partial charge in [-0.1, -0.05) is 37.6 Å². The first-order valence-corrected chi connectivity index (χ1v) is 8.47. The molecule has 3 N–H and O–H groups in total. The summed E-state index contributed by atoms with van der Waals surface area (Å²) in [4.78, 5) is 0.174. The topological polar surface area (TPSA) is 72.2 Å². The Morgan fingerprint density at radius 3 is 2.57 bits per heavy atom. The van der Waals surface area contributed by atoms with Crippen molar-refractivity contribution in [3.8, 4) is 0 Å². The largest absolute Gasteiger partial charge is 0.399 e. The summed E-state index contributed by atoms with van der Waals surface area (Å²) in [6.07, 6.45) is 2.94. The van der Waals surface area contributed by atoms with E-state index in [0.29, 0.717) is 11.4 Å². The first-order chi connectivity index (χ1) is 10.0. The van der Waals surface area contributed by atoms with Crippen LogP contribution in [0.2, 0.25) is 0 Å². The highest BCUT2D eigenvalue weighted by molar-refractivity contribution is 7.92. The van der Waals surface area contributed by atoms with Gasteiger partial charge in [-0.05, 0) is 42.7 Å². The number of sulfonamides is 1. The highest BCUT2D eigenvalue weighted by atomic mass is 32.2. The Kier molecular flexibility index (Phi) is 4.85. The molecule has 4 nitrogen and oxygen atoms in total. The number of para-hydroxylation sites is 1. The highest BCUT2D eigenvalue weighted by Gasteiger charge is 2.15. The van der Waals surface area contributed by atoms with Gasteiger partial charge in [-0.15, -0.1) is 0 Å². The molecule has 0 heterocycles. The summed E-state index contributed by atoms with van der Waals surface area (Å²) in [7, 11) is -3.61. The van der Waals surface area contributed by atoms with Crippen LogP contribution in [0.5, 0.6) is 0 Å². The van der Waals surface area contributed by atoms with E-state index in [-0.39, 0.29) is 4.90 Å². The minimum atomic E-state index is -3.61. The second kappa shape index (κ2) is 6.63. The normalized spacial score (nSPS) is 11.3. The molecule has 2 rings (SSSR count). The maximum absolute atomic E-state index is 12.4. The lowest BCUT2D eigenvalue weighted by atomic mass is 10.1. The first kappa shape index (κ1) is 15.4. The van der Waals surface area contributed by atoms with Gasteiger partial charge in [0.25, 0.3) is 10.0 Å². The summed E-state index contributed by atoms with van der Waals surface area (Å²) in [5.74, 6) is 0. The van der Waals surface area contributed by atoms with Crippen LogP contribution in [-0.4, -0.2) is 8.42 Å². The number of nitrogens with two attached hydrogens (primary N) is 1. The maximum atomic E-state index is 12.4. The lowest BCUT2D eigenvalue weighted by Crippen LogP contribution is -2.14. The van der Waals surface area contributed by atoms with Crippen LogP contribution < -0.4 is 10.5 Å². The summed E-state index contributed by atoms with van der Waals surface area (Å²) in [5.41, 5.74) is 7.72. The molecule has 0 amide bonds. The van der Waals surface area contributed by atoms with Gasteiger partial charge in [0.05, 0.1) is 10.6 Å².